The number of amidine groups is 1. The quantitative estimate of drug-likeness (QED) is 0.355. The Morgan fingerprint density at radius 3 is 2.76 bits per heavy atom. The molecule has 0 fully saturated rings. The topological polar surface area (TPSA) is 87.6 Å². The Balaban J connectivity index is 3.08. The zero-order valence-electron chi connectivity index (χ0n) is 10.7. The first-order valence-corrected chi connectivity index (χ1v) is 5.47. The van der Waals surface area contributed by atoms with Crippen LogP contribution in [-0.4, -0.2) is 33.6 Å². The fourth-order valence-electron chi connectivity index (χ4n) is 1.21. The summed E-state index contributed by atoms with van der Waals surface area (Å²) in [7, 11) is 1.93. The second-order valence-electron chi connectivity index (χ2n) is 4.45. The minimum atomic E-state index is -0.0518. The van der Waals surface area contributed by atoms with Crippen molar-refractivity contribution in [2.45, 2.75) is 32.7 Å². The SMILES string of the molecule is CCC(C)(C)N(C)c1nccc(/C(N)=N/O)n1. The highest BCUT2D eigenvalue weighted by Gasteiger charge is 2.23. The molecule has 0 amide bonds. The summed E-state index contributed by atoms with van der Waals surface area (Å²) >= 11 is 0. The van der Waals surface area contributed by atoms with E-state index in [0.29, 0.717) is 11.6 Å². The number of hydrogen-bond acceptors (Lipinski definition) is 5. The van der Waals surface area contributed by atoms with E-state index in [1.54, 1.807) is 12.3 Å². The number of aromatic nitrogens is 2. The molecule has 0 bridgehead atoms. The van der Waals surface area contributed by atoms with Crippen molar-refractivity contribution in [3.8, 4) is 0 Å². The Labute approximate surface area is 101 Å². The first kappa shape index (κ1) is 13.2. The summed E-state index contributed by atoms with van der Waals surface area (Å²) in [5.74, 6) is 0.539. The molecule has 0 aliphatic rings. The molecule has 6 heteroatoms. The lowest BCUT2D eigenvalue weighted by Gasteiger charge is -2.34. The van der Waals surface area contributed by atoms with E-state index in [2.05, 4.69) is 35.9 Å². The second kappa shape index (κ2) is 4.99. The summed E-state index contributed by atoms with van der Waals surface area (Å²) in [5.41, 5.74) is 5.86. The molecule has 1 aromatic rings. The van der Waals surface area contributed by atoms with Gasteiger partial charge in [-0.25, -0.2) is 9.97 Å². The molecule has 6 nitrogen and oxygen atoms in total. The molecule has 0 aliphatic carbocycles. The third kappa shape index (κ3) is 2.83. The average molecular weight is 237 g/mol. The van der Waals surface area contributed by atoms with E-state index >= 15 is 0 Å². The van der Waals surface area contributed by atoms with Gasteiger partial charge in [-0.2, -0.15) is 0 Å². The molecule has 0 radical (unpaired) electrons. The molecule has 1 aromatic heterocycles. The number of nitrogens with two attached hydrogens (primary N) is 1. The molecule has 0 unspecified atom stereocenters. The summed E-state index contributed by atoms with van der Waals surface area (Å²) in [6, 6.07) is 1.60. The standard InChI is InChI=1S/C11H19N5O/c1-5-11(2,3)16(4)10-13-7-6-8(14-10)9(12)15-17/h6-7,17H,5H2,1-4H3,(H2,12,15). The van der Waals surface area contributed by atoms with Gasteiger partial charge in [0.1, 0.15) is 5.69 Å². The van der Waals surface area contributed by atoms with Gasteiger partial charge in [-0.1, -0.05) is 12.1 Å². The van der Waals surface area contributed by atoms with Crippen molar-refractivity contribution in [3.05, 3.63) is 18.0 Å². The van der Waals surface area contributed by atoms with Crippen molar-refractivity contribution in [2.75, 3.05) is 11.9 Å². The highest BCUT2D eigenvalue weighted by Crippen LogP contribution is 2.21. The predicted molar refractivity (Wildman–Crippen MR) is 67.3 cm³/mol. The number of hydrogen-bond donors (Lipinski definition) is 2. The van der Waals surface area contributed by atoms with Gasteiger partial charge in [-0.3, -0.25) is 0 Å². The van der Waals surface area contributed by atoms with Gasteiger partial charge in [0.2, 0.25) is 5.95 Å². The number of oxime groups is 1. The third-order valence-electron chi connectivity index (χ3n) is 3.09. The fraction of sp³-hybridized carbons (Fsp3) is 0.545. The maximum absolute atomic E-state index is 8.61. The van der Waals surface area contributed by atoms with Crippen molar-refractivity contribution in [3.63, 3.8) is 0 Å². The van der Waals surface area contributed by atoms with Crippen molar-refractivity contribution in [1.82, 2.24) is 9.97 Å². The van der Waals surface area contributed by atoms with Gasteiger partial charge < -0.3 is 15.8 Å². The molecule has 17 heavy (non-hydrogen) atoms. The summed E-state index contributed by atoms with van der Waals surface area (Å²) in [4.78, 5) is 10.4. The van der Waals surface area contributed by atoms with Crippen LogP contribution < -0.4 is 10.6 Å². The summed E-state index contributed by atoms with van der Waals surface area (Å²) in [6.07, 6.45) is 2.55. The normalized spacial score (nSPS) is 12.6. The van der Waals surface area contributed by atoms with Gasteiger partial charge in [0.15, 0.2) is 5.84 Å². The Kier molecular flexibility index (Phi) is 3.88. The molecule has 1 heterocycles. The third-order valence-corrected chi connectivity index (χ3v) is 3.09. The average Bonchev–Trinajstić information content (AvgIpc) is 2.36. The smallest absolute Gasteiger partial charge is 0.226 e. The molecule has 94 valence electrons. The van der Waals surface area contributed by atoms with Gasteiger partial charge in [-0.05, 0) is 26.3 Å². The molecule has 1 rings (SSSR count). The van der Waals surface area contributed by atoms with Crippen LogP contribution in [0.1, 0.15) is 32.9 Å². The molecule has 0 saturated carbocycles. The molecule has 0 spiro atoms. The van der Waals surface area contributed by atoms with Crippen molar-refractivity contribution in [2.24, 2.45) is 10.9 Å². The zero-order valence-corrected chi connectivity index (χ0v) is 10.7. The summed E-state index contributed by atoms with van der Waals surface area (Å²) in [5, 5.41) is 11.5. The van der Waals surface area contributed by atoms with Crippen LogP contribution in [0.3, 0.4) is 0 Å². The van der Waals surface area contributed by atoms with Crippen LogP contribution in [0.4, 0.5) is 5.95 Å². The maximum Gasteiger partial charge on any atom is 0.226 e. The zero-order chi connectivity index (χ0) is 13.1. The highest BCUT2D eigenvalue weighted by atomic mass is 16.4. The molecule has 0 atom stereocenters. The molecule has 0 saturated heterocycles. The number of anilines is 1. The van der Waals surface area contributed by atoms with Gasteiger partial charge in [0.25, 0.3) is 0 Å². The van der Waals surface area contributed by atoms with E-state index in [1.807, 2.05) is 11.9 Å². The predicted octanol–water partition coefficient (Wildman–Crippen LogP) is 1.20. The largest absolute Gasteiger partial charge is 0.409 e. The minimum absolute atomic E-state index is 0.0173. The van der Waals surface area contributed by atoms with Crippen LogP contribution in [0, 0.1) is 0 Å². The first-order chi connectivity index (χ1) is 7.92. The lowest BCUT2D eigenvalue weighted by Crippen LogP contribution is -2.41. The summed E-state index contributed by atoms with van der Waals surface area (Å²) in [6.45, 7) is 6.31. The lowest BCUT2D eigenvalue weighted by molar-refractivity contribution is 0.318. The van der Waals surface area contributed by atoms with E-state index in [0.717, 1.165) is 6.42 Å². The van der Waals surface area contributed by atoms with E-state index < -0.39 is 0 Å². The number of nitrogens with zero attached hydrogens (tertiary/aromatic N) is 4. The van der Waals surface area contributed by atoms with E-state index in [4.69, 9.17) is 10.9 Å². The van der Waals surface area contributed by atoms with Crippen LogP contribution in [0.25, 0.3) is 0 Å². The first-order valence-electron chi connectivity index (χ1n) is 5.47. The van der Waals surface area contributed by atoms with Crippen LogP contribution >= 0.6 is 0 Å². The van der Waals surface area contributed by atoms with E-state index in [9.17, 15) is 0 Å². The molecule has 0 aromatic carbocycles. The molecule has 0 aliphatic heterocycles. The Morgan fingerprint density at radius 1 is 1.59 bits per heavy atom. The van der Waals surface area contributed by atoms with Crippen molar-refractivity contribution < 1.29 is 5.21 Å². The van der Waals surface area contributed by atoms with Crippen LogP contribution in [0.5, 0.6) is 0 Å². The molecular formula is C11H19N5O. The van der Waals surface area contributed by atoms with Crippen LogP contribution in [-0.2, 0) is 0 Å². The number of rotatable bonds is 4. The van der Waals surface area contributed by atoms with Crippen molar-refractivity contribution in [1.29, 1.82) is 0 Å². The lowest BCUT2D eigenvalue weighted by atomic mass is 10.0. The van der Waals surface area contributed by atoms with E-state index in [1.165, 1.54) is 0 Å². The monoisotopic (exact) mass is 237 g/mol. The summed E-state index contributed by atoms with van der Waals surface area (Å²) < 4.78 is 0. The van der Waals surface area contributed by atoms with Gasteiger partial charge in [0, 0.05) is 18.8 Å². The van der Waals surface area contributed by atoms with Crippen LogP contribution in [0.2, 0.25) is 0 Å². The van der Waals surface area contributed by atoms with Gasteiger partial charge in [0.05, 0.1) is 0 Å². The fourth-order valence-corrected chi connectivity index (χ4v) is 1.21. The Hall–Kier alpha value is -1.85. The van der Waals surface area contributed by atoms with Gasteiger partial charge in [-0.15, -0.1) is 0 Å². The second-order valence-corrected chi connectivity index (χ2v) is 4.45. The molecule has 3 N–H and O–H groups in total. The Morgan fingerprint density at radius 2 is 2.24 bits per heavy atom. The maximum atomic E-state index is 8.61. The molecular weight excluding hydrogens is 218 g/mol. The highest BCUT2D eigenvalue weighted by molar-refractivity contribution is 5.95. The van der Waals surface area contributed by atoms with Crippen molar-refractivity contribution >= 4 is 11.8 Å². The Bertz CT molecular complexity index is 416. The van der Waals surface area contributed by atoms with Gasteiger partial charge >= 0.3 is 0 Å². The van der Waals surface area contributed by atoms with E-state index in [-0.39, 0.29) is 11.4 Å². The van der Waals surface area contributed by atoms with Crippen LogP contribution in [0.15, 0.2) is 17.4 Å². The minimum Gasteiger partial charge on any atom is -0.409 e.